The van der Waals surface area contributed by atoms with Crippen LogP contribution in [0, 0.1) is 0 Å². The molecule has 1 N–H and O–H groups in total. The first-order chi connectivity index (χ1) is 11.3. The number of aromatic nitrogens is 2. The van der Waals surface area contributed by atoms with E-state index in [0.717, 1.165) is 46.7 Å². The summed E-state index contributed by atoms with van der Waals surface area (Å²) in [6.07, 6.45) is 5.61. The van der Waals surface area contributed by atoms with Crippen LogP contribution in [0.4, 0.5) is 5.69 Å². The van der Waals surface area contributed by atoms with Crippen LogP contribution in [0.2, 0.25) is 0 Å². The Hall–Kier alpha value is -2.88. The highest BCUT2D eigenvalue weighted by molar-refractivity contribution is 5.89. The summed E-state index contributed by atoms with van der Waals surface area (Å²) in [6.45, 7) is 2.07. The minimum atomic E-state index is 0.830. The molecule has 0 radical (unpaired) electrons. The minimum Gasteiger partial charge on any atom is -0.456 e. The molecule has 1 aliphatic rings. The molecule has 2 aromatic carbocycles. The van der Waals surface area contributed by atoms with Crippen molar-refractivity contribution in [3.8, 4) is 22.6 Å². The van der Waals surface area contributed by atoms with Gasteiger partial charge in [0.25, 0.3) is 0 Å². The van der Waals surface area contributed by atoms with Crippen LogP contribution in [0.25, 0.3) is 11.1 Å². The summed E-state index contributed by atoms with van der Waals surface area (Å²) < 4.78 is 6.26. The monoisotopic (exact) mass is 303 g/mol. The molecule has 0 fully saturated rings. The number of benzene rings is 2. The predicted octanol–water partition coefficient (Wildman–Crippen LogP) is 4.91. The first-order valence-electron chi connectivity index (χ1n) is 7.73. The second kappa shape index (κ2) is 5.72. The van der Waals surface area contributed by atoms with Gasteiger partial charge in [-0.1, -0.05) is 18.2 Å². The molecule has 0 amide bonds. The van der Waals surface area contributed by atoms with Crippen LogP contribution in [0.1, 0.15) is 18.9 Å². The van der Waals surface area contributed by atoms with Crippen LogP contribution in [0.3, 0.4) is 0 Å². The van der Waals surface area contributed by atoms with E-state index >= 15 is 0 Å². The lowest BCUT2D eigenvalue weighted by Crippen LogP contribution is -2.04. The summed E-state index contributed by atoms with van der Waals surface area (Å²) >= 11 is 0. The van der Waals surface area contributed by atoms with Crippen LogP contribution in [-0.4, -0.2) is 15.9 Å². The van der Waals surface area contributed by atoms with E-state index in [0.29, 0.717) is 0 Å². The number of hydrogen-bond donors (Lipinski definition) is 1. The SMILES string of the molecule is CC1=Nc2ccc(-c3cn[nH]c3)c(Oc3ccccc3)c2CC1. The first-order valence-corrected chi connectivity index (χ1v) is 7.73. The highest BCUT2D eigenvalue weighted by atomic mass is 16.5. The third-order valence-corrected chi connectivity index (χ3v) is 4.06. The van der Waals surface area contributed by atoms with E-state index in [1.807, 2.05) is 42.7 Å². The molecule has 1 aromatic heterocycles. The number of hydrogen-bond acceptors (Lipinski definition) is 3. The number of fused-ring (bicyclic) bond motifs is 1. The first kappa shape index (κ1) is 13.8. The maximum atomic E-state index is 6.26. The van der Waals surface area contributed by atoms with Crippen molar-refractivity contribution in [2.75, 3.05) is 0 Å². The number of para-hydroxylation sites is 1. The Morgan fingerprint density at radius 1 is 1.04 bits per heavy atom. The summed E-state index contributed by atoms with van der Waals surface area (Å²) in [6, 6.07) is 14.0. The Kier molecular flexibility index (Phi) is 3.42. The van der Waals surface area contributed by atoms with Gasteiger partial charge >= 0.3 is 0 Å². The number of aromatic amines is 1. The summed E-state index contributed by atoms with van der Waals surface area (Å²) in [4.78, 5) is 4.68. The lowest BCUT2D eigenvalue weighted by atomic mass is 9.96. The Bertz CT molecular complexity index is 852. The molecule has 0 aliphatic carbocycles. The van der Waals surface area contributed by atoms with E-state index in [2.05, 4.69) is 34.2 Å². The Morgan fingerprint density at radius 3 is 2.70 bits per heavy atom. The number of nitrogens with one attached hydrogen (secondary N) is 1. The van der Waals surface area contributed by atoms with Gasteiger partial charge in [0.15, 0.2) is 0 Å². The van der Waals surface area contributed by atoms with Crippen LogP contribution in [0.5, 0.6) is 11.5 Å². The van der Waals surface area contributed by atoms with Crippen molar-refractivity contribution in [3.05, 3.63) is 60.4 Å². The number of aliphatic imine (C=N–C) groups is 1. The highest BCUT2D eigenvalue weighted by Crippen LogP contribution is 2.42. The van der Waals surface area contributed by atoms with E-state index in [4.69, 9.17) is 4.74 Å². The number of ether oxygens (including phenoxy) is 1. The van der Waals surface area contributed by atoms with Gasteiger partial charge in [-0.25, -0.2) is 0 Å². The quantitative estimate of drug-likeness (QED) is 0.747. The van der Waals surface area contributed by atoms with Crippen molar-refractivity contribution in [1.29, 1.82) is 0 Å². The summed E-state index contributed by atoms with van der Waals surface area (Å²) in [5, 5.41) is 6.94. The second-order valence-electron chi connectivity index (χ2n) is 5.69. The van der Waals surface area contributed by atoms with E-state index in [1.165, 1.54) is 5.71 Å². The van der Waals surface area contributed by atoms with Gasteiger partial charge in [0.05, 0.1) is 11.9 Å². The molecule has 0 saturated carbocycles. The molecule has 0 unspecified atom stereocenters. The average Bonchev–Trinajstić information content (AvgIpc) is 3.10. The Labute approximate surface area is 134 Å². The van der Waals surface area contributed by atoms with Gasteiger partial charge in [0.1, 0.15) is 11.5 Å². The van der Waals surface area contributed by atoms with Crippen molar-refractivity contribution in [2.24, 2.45) is 4.99 Å². The minimum absolute atomic E-state index is 0.830. The zero-order valence-electron chi connectivity index (χ0n) is 12.9. The third-order valence-electron chi connectivity index (χ3n) is 4.06. The molecule has 1 aliphatic heterocycles. The Morgan fingerprint density at radius 2 is 1.91 bits per heavy atom. The molecule has 2 heterocycles. The summed E-state index contributed by atoms with van der Waals surface area (Å²) in [5.41, 5.74) is 5.39. The number of rotatable bonds is 3. The molecule has 0 spiro atoms. The van der Waals surface area contributed by atoms with Crippen LogP contribution >= 0.6 is 0 Å². The zero-order chi connectivity index (χ0) is 15.6. The largest absolute Gasteiger partial charge is 0.456 e. The normalized spacial score (nSPS) is 13.3. The summed E-state index contributed by atoms with van der Waals surface area (Å²) in [5.74, 6) is 1.71. The van der Waals surface area contributed by atoms with E-state index < -0.39 is 0 Å². The molecule has 0 saturated heterocycles. The van der Waals surface area contributed by atoms with Crippen LogP contribution < -0.4 is 4.74 Å². The standard InChI is InChI=1S/C19H17N3O/c1-13-7-8-17-18(22-13)10-9-16(14-11-20-21-12-14)19(17)23-15-5-3-2-4-6-15/h2-6,9-12H,7-8H2,1H3,(H,20,21). The van der Waals surface area contributed by atoms with Crippen molar-refractivity contribution in [3.63, 3.8) is 0 Å². The van der Waals surface area contributed by atoms with Gasteiger partial charge in [-0.05, 0) is 44.0 Å². The molecule has 0 atom stereocenters. The fraction of sp³-hybridized carbons (Fsp3) is 0.158. The van der Waals surface area contributed by atoms with Gasteiger partial charge in [-0.3, -0.25) is 10.1 Å². The lowest BCUT2D eigenvalue weighted by molar-refractivity contribution is 0.478. The molecular formula is C19H17N3O. The molecule has 4 heteroatoms. The van der Waals surface area contributed by atoms with Crippen molar-refractivity contribution in [1.82, 2.24) is 10.2 Å². The lowest BCUT2D eigenvalue weighted by Gasteiger charge is -2.20. The molecule has 23 heavy (non-hydrogen) atoms. The average molecular weight is 303 g/mol. The van der Waals surface area contributed by atoms with E-state index in [9.17, 15) is 0 Å². The fourth-order valence-electron chi connectivity index (χ4n) is 2.88. The maximum absolute atomic E-state index is 6.26. The van der Waals surface area contributed by atoms with Crippen LogP contribution in [0.15, 0.2) is 59.9 Å². The second-order valence-corrected chi connectivity index (χ2v) is 5.69. The predicted molar refractivity (Wildman–Crippen MR) is 91.6 cm³/mol. The molecule has 4 rings (SSSR count). The van der Waals surface area contributed by atoms with Gasteiger partial charge in [-0.15, -0.1) is 0 Å². The zero-order valence-corrected chi connectivity index (χ0v) is 12.9. The van der Waals surface area contributed by atoms with Gasteiger partial charge in [0.2, 0.25) is 0 Å². The molecule has 0 bridgehead atoms. The van der Waals surface area contributed by atoms with Gasteiger partial charge in [-0.2, -0.15) is 5.10 Å². The smallest absolute Gasteiger partial charge is 0.140 e. The molecule has 114 valence electrons. The van der Waals surface area contributed by atoms with Crippen molar-refractivity contribution >= 4 is 11.4 Å². The molecule has 3 aromatic rings. The third kappa shape index (κ3) is 2.63. The van der Waals surface area contributed by atoms with Crippen molar-refractivity contribution < 1.29 is 4.74 Å². The molecular weight excluding hydrogens is 286 g/mol. The van der Waals surface area contributed by atoms with E-state index in [-0.39, 0.29) is 0 Å². The Balaban J connectivity index is 1.87. The number of nitrogens with zero attached hydrogens (tertiary/aromatic N) is 2. The van der Waals surface area contributed by atoms with Crippen molar-refractivity contribution in [2.45, 2.75) is 19.8 Å². The van der Waals surface area contributed by atoms with Crippen LogP contribution in [-0.2, 0) is 6.42 Å². The fourth-order valence-corrected chi connectivity index (χ4v) is 2.88. The topological polar surface area (TPSA) is 50.3 Å². The molecule has 4 nitrogen and oxygen atoms in total. The van der Waals surface area contributed by atoms with E-state index in [1.54, 1.807) is 0 Å². The highest BCUT2D eigenvalue weighted by Gasteiger charge is 2.20. The number of H-pyrrole nitrogens is 1. The van der Waals surface area contributed by atoms with Gasteiger partial charge in [0, 0.05) is 28.6 Å². The maximum Gasteiger partial charge on any atom is 0.140 e. The van der Waals surface area contributed by atoms with Gasteiger partial charge < -0.3 is 4.74 Å². The summed E-state index contributed by atoms with van der Waals surface area (Å²) in [7, 11) is 0.